The molecule has 0 aliphatic carbocycles. The van der Waals surface area contributed by atoms with Gasteiger partial charge in [-0.25, -0.2) is 23.8 Å². The van der Waals surface area contributed by atoms with E-state index in [1.54, 1.807) is 11.8 Å². The summed E-state index contributed by atoms with van der Waals surface area (Å²) in [5.41, 5.74) is 1.30. The van der Waals surface area contributed by atoms with Crippen molar-refractivity contribution in [2.45, 2.75) is 37.1 Å². The summed E-state index contributed by atoms with van der Waals surface area (Å²) in [4.78, 5) is 38.7. The number of nitrogens with zero attached hydrogens (tertiary/aromatic N) is 6. The van der Waals surface area contributed by atoms with Crippen LogP contribution in [-0.2, 0) is 11.3 Å². The Kier molecular flexibility index (Phi) is 5.83. The van der Waals surface area contributed by atoms with Crippen LogP contribution in [0.25, 0.3) is 16.0 Å². The molecule has 166 valence electrons. The molecule has 5 rings (SSSR count). The van der Waals surface area contributed by atoms with E-state index in [-0.39, 0.29) is 12.5 Å². The van der Waals surface area contributed by atoms with Gasteiger partial charge in [-0.2, -0.15) is 0 Å². The number of rotatable bonds is 5. The van der Waals surface area contributed by atoms with Crippen molar-refractivity contribution in [1.29, 1.82) is 0 Å². The summed E-state index contributed by atoms with van der Waals surface area (Å²) in [6, 6.07) is 7.56. The van der Waals surface area contributed by atoms with Gasteiger partial charge >= 0.3 is 5.69 Å². The third-order valence-corrected chi connectivity index (χ3v) is 7.24. The Labute approximate surface area is 192 Å². The first-order valence-electron chi connectivity index (χ1n) is 10.6. The van der Waals surface area contributed by atoms with Gasteiger partial charge < -0.3 is 10.2 Å². The van der Waals surface area contributed by atoms with E-state index in [0.717, 1.165) is 45.5 Å². The highest BCUT2D eigenvalue weighted by molar-refractivity contribution is 7.98. The molecule has 0 atom stereocenters. The van der Waals surface area contributed by atoms with E-state index < -0.39 is 5.69 Å². The number of thioether (sulfide) groups is 1. The van der Waals surface area contributed by atoms with Gasteiger partial charge in [-0.3, -0.25) is 4.79 Å². The number of hydrogen-bond donors (Lipinski definition) is 1. The first kappa shape index (κ1) is 21.0. The van der Waals surface area contributed by atoms with Crippen LogP contribution in [0.5, 0.6) is 0 Å². The summed E-state index contributed by atoms with van der Waals surface area (Å²) in [5, 5.41) is 8.16. The molecule has 0 radical (unpaired) electrons. The Morgan fingerprint density at radius 3 is 2.81 bits per heavy atom. The molecule has 1 fully saturated rings. The Morgan fingerprint density at radius 1 is 1.22 bits per heavy atom. The monoisotopic (exact) mass is 469 g/mol. The number of carbonyl (C=O) groups excluding carboxylic acids is 1. The predicted molar refractivity (Wildman–Crippen MR) is 128 cm³/mol. The van der Waals surface area contributed by atoms with Gasteiger partial charge in [-0.1, -0.05) is 30.2 Å². The highest BCUT2D eigenvalue weighted by Crippen LogP contribution is 2.30. The Bertz CT molecular complexity index is 1340. The molecule has 4 heterocycles. The van der Waals surface area contributed by atoms with Gasteiger partial charge in [-0.15, -0.1) is 16.9 Å². The van der Waals surface area contributed by atoms with Crippen LogP contribution in [0.2, 0.25) is 0 Å². The molecule has 1 amide bonds. The number of aromatic nitrogens is 5. The first-order valence-corrected chi connectivity index (χ1v) is 12.6. The second-order valence-corrected chi connectivity index (χ2v) is 9.55. The second-order valence-electron chi connectivity index (χ2n) is 7.71. The molecule has 0 unspecified atom stereocenters. The van der Waals surface area contributed by atoms with E-state index in [0.29, 0.717) is 16.9 Å². The zero-order valence-electron chi connectivity index (χ0n) is 17.7. The second kappa shape index (κ2) is 8.91. The van der Waals surface area contributed by atoms with Crippen LogP contribution in [0.15, 0.2) is 40.3 Å². The summed E-state index contributed by atoms with van der Waals surface area (Å²) in [6.07, 6.45) is 8.24. The molecule has 11 heteroatoms. The average molecular weight is 470 g/mol. The van der Waals surface area contributed by atoms with Gasteiger partial charge in [0.15, 0.2) is 15.6 Å². The minimum atomic E-state index is -0.410. The van der Waals surface area contributed by atoms with Gasteiger partial charge in [0, 0.05) is 23.7 Å². The van der Waals surface area contributed by atoms with E-state index in [1.807, 2.05) is 30.5 Å². The maximum absolute atomic E-state index is 12.8. The van der Waals surface area contributed by atoms with Crippen LogP contribution in [0.4, 0.5) is 10.8 Å². The quantitative estimate of drug-likeness (QED) is 0.448. The number of fused-ring (bicyclic) bond motifs is 3. The Balaban J connectivity index is 1.42. The topological polar surface area (TPSA) is 97.4 Å². The molecule has 3 aromatic heterocycles. The maximum Gasteiger partial charge on any atom is 0.352 e. The smallest absolute Gasteiger partial charge is 0.348 e. The van der Waals surface area contributed by atoms with Gasteiger partial charge in [0.05, 0.1) is 0 Å². The van der Waals surface area contributed by atoms with Crippen LogP contribution < -0.4 is 15.9 Å². The first-order chi connectivity index (χ1) is 15.6. The number of benzene rings is 1. The summed E-state index contributed by atoms with van der Waals surface area (Å²) in [6.45, 7) is 1.78. The molecule has 32 heavy (non-hydrogen) atoms. The largest absolute Gasteiger partial charge is 0.352 e. The number of nitrogens with one attached hydrogen (secondary N) is 1. The van der Waals surface area contributed by atoms with Crippen molar-refractivity contribution in [3.8, 4) is 0 Å². The summed E-state index contributed by atoms with van der Waals surface area (Å²) < 4.78 is 2.52. The standard InChI is InChI=1S/C21H23N7O2S2/c1-31-15-8-6-7-14(11-15)23-16(29)12-28-21(30)27-13-22-19-17(18(27)25-28)24-20(32-19)26-9-4-2-3-5-10-26/h6-8,11,13H,2-5,9-10,12H2,1H3,(H,23,29). The lowest BCUT2D eigenvalue weighted by molar-refractivity contribution is -0.117. The SMILES string of the molecule is CSc1cccc(NC(=O)Cn2nc3c4nc(N5CCCCCC5)sc4ncn3c2=O)c1. The Morgan fingerprint density at radius 2 is 2.03 bits per heavy atom. The van der Waals surface area contributed by atoms with E-state index in [1.165, 1.54) is 34.9 Å². The molecule has 0 bridgehead atoms. The van der Waals surface area contributed by atoms with Gasteiger partial charge in [0.25, 0.3) is 0 Å². The number of amides is 1. The van der Waals surface area contributed by atoms with Gasteiger partial charge in [-0.05, 0) is 37.3 Å². The summed E-state index contributed by atoms with van der Waals surface area (Å²) in [5.74, 6) is -0.318. The minimum Gasteiger partial charge on any atom is -0.348 e. The fraction of sp³-hybridized carbons (Fsp3) is 0.381. The lowest BCUT2D eigenvalue weighted by Gasteiger charge is -2.18. The van der Waals surface area contributed by atoms with E-state index >= 15 is 0 Å². The molecule has 0 saturated carbocycles. The highest BCUT2D eigenvalue weighted by atomic mass is 32.2. The van der Waals surface area contributed by atoms with Gasteiger partial charge in [0.2, 0.25) is 5.91 Å². The third-order valence-electron chi connectivity index (χ3n) is 5.49. The van der Waals surface area contributed by atoms with Crippen LogP contribution in [0, 0.1) is 0 Å². The molecular formula is C21H23N7O2S2. The van der Waals surface area contributed by atoms with E-state index in [4.69, 9.17) is 4.98 Å². The number of hydrogen-bond acceptors (Lipinski definition) is 8. The highest BCUT2D eigenvalue weighted by Gasteiger charge is 2.19. The number of carbonyl (C=O) groups is 1. The van der Waals surface area contributed by atoms with Crippen molar-refractivity contribution in [1.82, 2.24) is 24.1 Å². The zero-order chi connectivity index (χ0) is 22.1. The molecule has 1 aromatic carbocycles. The van der Waals surface area contributed by atoms with Crippen molar-refractivity contribution in [2.24, 2.45) is 0 Å². The summed E-state index contributed by atoms with van der Waals surface area (Å²) in [7, 11) is 0. The lowest BCUT2D eigenvalue weighted by Crippen LogP contribution is -2.28. The number of thiazole rings is 1. The van der Waals surface area contributed by atoms with Crippen molar-refractivity contribution < 1.29 is 4.79 Å². The molecule has 1 saturated heterocycles. The molecule has 0 spiro atoms. The van der Waals surface area contributed by atoms with Crippen LogP contribution in [0.1, 0.15) is 25.7 Å². The third kappa shape index (κ3) is 4.09. The van der Waals surface area contributed by atoms with Crippen LogP contribution >= 0.6 is 23.1 Å². The molecule has 1 aliphatic rings. The fourth-order valence-corrected chi connectivity index (χ4v) is 5.28. The van der Waals surface area contributed by atoms with Crippen LogP contribution in [0.3, 0.4) is 0 Å². The van der Waals surface area contributed by atoms with Crippen molar-refractivity contribution >= 4 is 55.8 Å². The van der Waals surface area contributed by atoms with Gasteiger partial charge in [0.1, 0.15) is 18.4 Å². The number of anilines is 2. The molecule has 1 aliphatic heterocycles. The zero-order valence-corrected chi connectivity index (χ0v) is 19.3. The minimum absolute atomic E-state index is 0.186. The predicted octanol–water partition coefficient (Wildman–Crippen LogP) is 3.24. The van der Waals surface area contributed by atoms with Crippen molar-refractivity contribution in [3.05, 3.63) is 41.1 Å². The van der Waals surface area contributed by atoms with E-state index in [9.17, 15) is 9.59 Å². The summed E-state index contributed by atoms with van der Waals surface area (Å²) >= 11 is 3.12. The Hall–Kier alpha value is -2.92. The lowest BCUT2D eigenvalue weighted by atomic mass is 10.2. The van der Waals surface area contributed by atoms with Crippen molar-refractivity contribution in [2.75, 3.05) is 29.6 Å². The van der Waals surface area contributed by atoms with Crippen molar-refractivity contribution in [3.63, 3.8) is 0 Å². The molecule has 9 nitrogen and oxygen atoms in total. The van der Waals surface area contributed by atoms with E-state index in [2.05, 4.69) is 20.3 Å². The molecular weight excluding hydrogens is 446 g/mol. The fourth-order valence-electron chi connectivity index (χ4n) is 3.87. The van der Waals surface area contributed by atoms with Crippen LogP contribution in [-0.4, -0.2) is 49.4 Å². The molecule has 1 N–H and O–H groups in total. The normalized spacial score (nSPS) is 14.7. The maximum atomic E-state index is 12.8. The average Bonchev–Trinajstić information content (AvgIpc) is 3.23. The molecule has 4 aromatic rings.